The molecule has 8 nitrogen and oxygen atoms in total. The Morgan fingerprint density at radius 3 is 2.85 bits per heavy atom. The molecule has 5 N–H and O–H groups in total. The number of amides is 1. The van der Waals surface area contributed by atoms with E-state index in [2.05, 4.69) is 15.2 Å². The van der Waals surface area contributed by atoms with Gasteiger partial charge in [0.15, 0.2) is 5.16 Å². The number of pyridine rings is 1. The molecule has 9 heteroatoms. The Labute approximate surface area is 117 Å². The number of nitrogens with zero attached hydrogens (tertiary/aromatic N) is 3. The number of aromatic nitrogens is 4. The molecule has 20 heavy (non-hydrogen) atoms. The largest absolute Gasteiger partial charge is 0.397 e. The molecule has 1 amide bonds. The first-order valence-electron chi connectivity index (χ1n) is 5.97. The fraction of sp³-hybridized carbons (Fsp3) is 0.273. The van der Waals surface area contributed by atoms with Crippen LogP contribution < -0.4 is 17.2 Å². The molecule has 2 aromatic heterocycles. The van der Waals surface area contributed by atoms with Crippen molar-refractivity contribution in [2.24, 2.45) is 5.73 Å². The molecule has 0 atom stereocenters. The first-order valence-corrected chi connectivity index (χ1v) is 6.79. The van der Waals surface area contributed by atoms with Gasteiger partial charge in [0.05, 0.1) is 5.69 Å². The highest BCUT2D eigenvalue weighted by molar-refractivity contribution is 7.99. The predicted octanol–water partition coefficient (Wildman–Crippen LogP) is 0.134. The molecule has 1 fully saturated rings. The lowest BCUT2D eigenvalue weighted by molar-refractivity contribution is 0.0995. The molecule has 0 aliphatic heterocycles. The van der Waals surface area contributed by atoms with Crippen LogP contribution in [-0.4, -0.2) is 25.7 Å². The number of H-pyrrole nitrogens is 1. The Hall–Kier alpha value is -2.29. The number of rotatable bonds is 4. The minimum atomic E-state index is -0.631. The number of aromatic amines is 1. The van der Waals surface area contributed by atoms with Crippen LogP contribution in [0, 0.1) is 0 Å². The van der Waals surface area contributed by atoms with Crippen LogP contribution in [0.5, 0.6) is 0 Å². The highest BCUT2D eigenvalue weighted by atomic mass is 32.2. The van der Waals surface area contributed by atoms with Crippen molar-refractivity contribution in [3.8, 4) is 0 Å². The minimum Gasteiger partial charge on any atom is -0.397 e. The molecule has 104 valence electrons. The van der Waals surface area contributed by atoms with Gasteiger partial charge in [-0.25, -0.2) is 14.9 Å². The Morgan fingerprint density at radius 1 is 1.45 bits per heavy atom. The van der Waals surface area contributed by atoms with Crippen LogP contribution in [0.25, 0.3) is 0 Å². The number of anilines is 1. The van der Waals surface area contributed by atoms with Gasteiger partial charge in [-0.05, 0) is 36.7 Å². The molecule has 0 saturated heterocycles. The van der Waals surface area contributed by atoms with Gasteiger partial charge in [0.2, 0.25) is 0 Å². The fourth-order valence-corrected chi connectivity index (χ4v) is 2.70. The molecule has 0 spiro atoms. The van der Waals surface area contributed by atoms with E-state index in [0.717, 1.165) is 24.6 Å². The zero-order valence-electron chi connectivity index (χ0n) is 10.4. The van der Waals surface area contributed by atoms with Gasteiger partial charge in [0.1, 0.15) is 10.7 Å². The molecular weight excluding hydrogens is 280 g/mol. The molecule has 0 unspecified atom stereocenters. The third-order valence-corrected chi connectivity index (χ3v) is 3.91. The number of hydrogen-bond donors (Lipinski definition) is 3. The Morgan fingerprint density at radius 2 is 2.20 bits per heavy atom. The van der Waals surface area contributed by atoms with E-state index in [1.165, 1.54) is 6.07 Å². The quantitative estimate of drug-likeness (QED) is 0.733. The first-order chi connectivity index (χ1) is 9.56. The average molecular weight is 292 g/mol. The van der Waals surface area contributed by atoms with Gasteiger partial charge >= 0.3 is 5.69 Å². The van der Waals surface area contributed by atoms with Gasteiger partial charge in [-0.1, -0.05) is 0 Å². The molecule has 1 saturated carbocycles. The van der Waals surface area contributed by atoms with E-state index in [4.69, 9.17) is 11.5 Å². The van der Waals surface area contributed by atoms with Crippen LogP contribution in [-0.2, 0) is 0 Å². The van der Waals surface area contributed by atoms with Gasteiger partial charge in [-0.3, -0.25) is 9.36 Å². The summed E-state index contributed by atoms with van der Waals surface area (Å²) in [6, 6.07) is 3.20. The number of nitrogen functional groups attached to an aromatic ring is 1. The van der Waals surface area contributed by atoms with E-state index in [0.29, 0.717) is 15.9 Å². The first kappa shape index (κ1) is 12.7. The van der Waals surface area contributed by atoms with E-state index in [9.17, 15) is 9.59 Å². The molecule has 1 aliphatic rings. The zero-order valence-corrected chi connectivity index (χ0v) is 11.2. The van der Waals surface area contributed by atoms with Crippen LogP contribution in [0.4, 0.5) is 5.69 Å². The topological polar surface area (TPSA) is 133 Å². The van der Waals surface area contributed by atoms with Crippen LogP contribution in [0.2, 0.25) is 0 Å². The highest BCUT2D eigenvalue weighted by Gasteiger charge is 2.29. The second-order valence-electron chi connectivity index (χ2n) is 4.47. The summed E-state index contributed by atoms with van der Waals surface area (Å²) in [5.41, 5.74) is 11.3. The SMILES string of the molecule is NC(=O)c1ccc(N)c(Sc2n[nH]c(=O)n2C2CC2)n1. The standard InChI is InChI=1S/C11H12N6O2S/c12-6-3-4-7(8(13)18)14-9(6)20-11-16-15-10(19)17(11)5-1-2-5/h3-5H,1-2,12H2,(H2,13,18)(H,15,19). The summed E-state index contributed by atoms with van der Waals surface area (Å²) in [5.74, 6) is -0.631. The van der Waals surface area contributed by atoms with E-state index >= 15 is 0 Å². The summed E-state index contributed by atoms with van der Waals surface area (Å²) < 4.78 is 1.59. The molecule has 1 aliphatic carbocycles. The summed E-state index contributed by atoms with van der Waals surface area (Å²) in [6.07, 6.45) is 1.91. The zero-order chi connectivity index (χ0) is 14.3. The molecule has 3 rings (SSSR count). The lowest BCUT2D eigenvalue weighted by atomic mass is 10.3. The van der Waals surface area contributed by atoms with Crippen LogP contribution in [0.1, 0.15) is 29.4 Å². The molecule has 2 aromatic rings. The van der Waals surface area contributed by atoms with Crippen LogP contribution in [0.15, 0.2) is 27.1 Å². The molecule has 0 radical (unpaired) electrons. The summed E-state index contributed by atoms with van der Waals surface area (Å²) in [7, 11) is 0. The van der Waals surface area contributed by atoms with Gasteiger partial charge in [0.25, 0.3) is 5.91 Å². The molecule has 0 aromatic carbocycles. The second-order valence-corrected chi connectivity index (χ2v) is 5.43. The maximum atomic E-state index is 11.7. The Bertz CT molecular complexity index is 733. The number of nitrogens with one attached hydrogen (secondary N) is 1. The van der Waals surface area contributed by atoms with E-state index < -0.39 is 5.91 Å². The van der Waals surface area contributed by atoms with Crippen LogP contribution in [0.3, 0.4) is 0 Å². The summed E-state index contributed by atoms with van der Waals surface area (Å²) in [5, 5.41) is 7.27. The van der Waals surface area contributed by atoms with Crippen molar-refractivity contribution in [1.82, 2.24) is 19.7 Å². The minimum absolute atomic E-state index is 0.123. The highest BCUT2D eigenvalue weighted by Crippen LogP contribution is 2.38. The van der Waals surface area contributed by atoms with E-state index in [1.54, 1.807) is 10.6 Å². The third kappa shape index (κ3) is 2.27. The summed E-state index contributed by atoms with van der Waals surface area (Å²) >= 11 is 1.14. The fourth-order valence-electron chi connectivity index (χ4n) is 1.77. The Kier molecular flexibility index (Phi) is 2.97. The van der Waals surface area contributed by atoms with E-state index in [1.807, 2.05) is 0 Å². The molecule has 0 bridgehead atoms. The number of carbonyl (C=O) groups excluding carboxylic acids is 1. The normalized spacial score (nSPS) is 14.4. The van der Waals surface area contributed by atoms with Crippen molar-refractivity contribution in [2.75, 3.05) is 5.73 Å². The molecular formula is C11H12N6O2S. The number of hydrogen-bond acceptors (Lipinski definition) is 6. The van der Waals surface area contributed by atoms with Crippen LogP contribution >= 0.6 is 11.8 Å². The maximum absolute atomic E-state index is 11.7. The van der Waals surface area contributed by atoms with Crippen molar-refractivity contribution >= 4 is 23.4 Å². The van der Waals surface area contributed by atoms with Crippen molar-refractivity contribution in [3.05, 3.63) is 28.3 Å². The second kappa shape index (κ2) is 4.67. The maximum Gasteiger partial charge on any atom is 0.344 e. The summed E-state index contributed by atoms with van der Waals surface area (Å²) in [4.78, 5) is 26.9. The predicted molar refractivity (Wildman–Crippen MR) is 72.4 cm³/mol. The average Bonchev–Trinajstić information content (AvgIpc) is 3.17. The number of carbonyl (C=O) groups is 1. The third-order valence-electron chi connectivity index (χ3n) is 2.91. The van der Waals surface area contributed by atoms with Gasteiger partial charge in [0, 0.05) is 6.04 Å². The summed E-state index contributed by atoms with van der Waals surface area (Å²) in [6.45, 7) is 0. The van der Waals surface area contributed by atoms with E-state index in [-0.39, 0.29) is 17.4 Å². The van der Waals surface area contributed by atoms with Crippen molar-refractivity contribution in [1.29, 1.82) is 0 Å². The smallest absolute Gasteiger partial charge is 0.344 e. The van der Waals surface area contributed by atoms with Crippen molar-refractivity contribution in [3.63, 3.8) is 0 Å². The van der Waals surface area contributed by atoms with Gasteiger partial charge in [-0.15, -0.1) is 5.10 Å². The van der Waals surface area contributed by atoms with Gasteiger partial charge in [-0.2, -0.15) is 0 Å². The molecule has 2 heterocycles. The lowest BCUT2D eigenvalue weighted by Gasteiger charge is -2.06. The van der Waals surface area contributed by atoms with Gasteiger partial charge < -0.3 is 11.5 Å². The van der Waals surface area contributed by atoms with Crippen molar-refractivity contribution < 1.29 is 4.79 Å². The lowest BCUT2D eigenvalue weighted by Crippen LogP contribution is -2.16. The van der Waals surface area contributed by atoms with Crippen molar-refractivity contribution in [2.45, 2.75) is 29.1 Å². The number of primary amides is 1. The monoisotopic (exact) mass is 292 g/mol. The Balaban J connectivity index is 1.97. The number of nitrogens with two attached hydrogens (primary N) is 2.